The van der Waals surface area contributed by atoms with Crippen LogP contribution in [0.3, 0.4) is 0 Å². The number of hydrogen-bond acceptors (Lipinski definition) is 5. The number of likely N-dealkylation sites (tertiary alicyclic amines) is 1. The largest absolute Gasteiger partial charge is 0.305 e. The van der Waals surface area contributed by atoms with Gasteiger partial charge in [-0.15, -0.1) is 0 Å². The van der Waals surface area contributed by atoms with Gasteiger partial charge in [0.2, 0.25) is 0 Å². The zero-order valence-electron chi connectivity index (χ0n) is 17.7. The predicted octanol–water partition coefficient (Wildman–Crippen LogP) is 3.51. The lowest BCUT2D eigenvalue weighted by atomic mass is 10.1. The number of carbonyl (C=O) groups is 1. The summed E-state index contributed by atoms with van der Waals surface area (Å²) in [5.41, 5.74) is 4.58. The Bertz CT molecular complexity index is 1320. The number of nitrogens with zero attached hydrogens (tertiary/aromatic N) is 6. The Morgan fingerprint density at radius 1 is 1.16 bits per heavy atom. The highest BCUT2D eigenvalue weighted by atomic mass is 16.1. The predicted molar refractivity (Wildman–Crippen MR) is 118 cm³/mol. The first-order valence-corrected chi connectivity index (χ1v) is 10.9. The van der Waals surface area contributed by atoms with Gasteiger partial charge in [0.05, 0.1) is 35.3 Å². The molecule has 1 atom stereocenters. The van der Waals surface area contributed by atoms with E-state index in [2.05, 4.69) is 27.3 Å². The molecule has 31 heavy (non-hydrogen) atoms. The number of aryl methyl sites for hydroxylation is 1. The van der Waals surface area contributed by atoms with Crippen LogP contribution in [0.2, 0.25) is 0 Å². The van der Waals surface area contributed by atoms with Crippen molar-refractivity contribution in [2.75, 3.05) is 18.9 Å². The van der Waals surface area contributed by atoms with Crippen LogP contribution >= 0.6 is 0 Å². The molecule has 8 nitrogen and oxygen atoms in total. The topological polar surface area (TPSA) is 80.4 Å². The van der Waals surface area contributed by atoms with Crippen LogP contribution in [0.5, 0.6) is 0 Å². The van der Waals surface area contributed by atoms with Gasteiger partial charge in [-0.1, -0.05) is 6.07 Å². The standard InChI is InChI=1S/C23H25N7O/c1-28-9-3-4-18(28)17-12-30-13-20(24-11-21(30)25-17)26-23(31)15-7-8-16-19(10-15)29(2)27-22(16)14-5-6-14/h7-8,10-14,18H,3-6,9H2,1-2H3,(H,26,31)/t18-/m1/s1. The second kappa shape index (κ2) is 6.88. The molecule has 1 saturated carbocycles. The Morgan fingerprint density at radius 3 is 2.81 bits per heavy atom. The number of nitrogens with one attached hydrogen (secondary N) is 1. The summed E-state index contributed by atoms with van der Waals surface area (Å²) in [5, 5.41) is 8.74. The molecule has 4 heterocycles. The van der Waals surface area contributed by atoms with E-state index >= 15 is 0 Å². The number of fused-ring (bicyclic) bond motifs is 2. The molecule has 0 spiro atoms. The molecule has 1 aromatic carbocycles. The zero-order valence-corrected chi connectivity index (χ0v) is 17.7. The number of benzene rings is 1. The molecule has 0 bridgehead atoms. The molecule has 6 rings (SSSR count). The minimum Gasteiger partial charge on any atom is -0.305 e. The Hall–Kier alpha value is -3.26. The van der Waals surface area contributed by atoms with Crippen molar-refractivity contribution < 1.29 is 4.79 Å². The lowest BCUT2D eigenvalue weighted by Crippen LogP contribution is -2.17. The summed E-state index contributed by atoms with van der Waals surface area (Å²) in [7, 11) is 4.07. The fraction of sp³-hybridized carbons (Fsp3) is 0.391. The van der Waals surface area contributed by atoms with Crippen molar-refractivity contribution in [3.63, 3.8) is 0 Å². The van der Waals surface area contributed by atoms with Crippen LogP contribution in [0.4, 0.5) is 5.82 Å². The molecule has 1 aliphatic heterocycles. The van der Waals surface area contributed by atoms with Gasteiger partial charge >= 0.3 is 0 Å². The van der Waals surface area contributed by atoms with Crippen LogP contribution in [0.25, 0.3) is 16.6 Å². The van der Waals surface area contributed by atoms with Crippen LogP contribution in [-0.4, -0.2) is 48.5 Å². The molecule has 158 valence electrons. The maximum atomic E-state index is 12.9. The average Bonchev–Trinajstić information content (AvgIpc) is 3.24. The van der Waals surface area contributed by atoms with Crippen molar-refractivity contribution >= 4 is 28.3 Å². The summed E-state index contributed by atoms with van der Waals surface area (Å²) in [6, 6.07) is 6.15. The molecular formula is C23H25N7O. The highest BCUT2D eigenvalue weighted by molar-refractivity contribution is 6.05. The number of hydrogen-bond donors (Lipinski definition) is 1. The Labute approximate surface area is 179 Å². The lowest BCUT2D eigenvalue weighted by molar-refractivity contribution is 0.102. The van der Waals surface area contributed by atoms with Gasteiger partial charge in [-0.3, -0.25) is 14.4 Å². The third kappa shape index (κ3) is 3.18. The molecule has 8 heteroatoms. The number of aromatic nitrogens is 5. The summed E-state index contributed by atoms with van der Waals surface area (Å²) >= 11 is 0. The number of carbonyl (C=O) groups excluding carboxylic acids is 1. The summed E-state index contributed by atoms with van der Waals surface area (Å²) in [4.78, 5) is 24.4. The highest BCUT2D eigenvalue weighted by Crippen LogP contribution is 2.42. The van der Waals surface area contributed by atoms with E-state index in [9.17, 15) is 4.79 Å². The Morgan fingerprint density at radius 2 is 2.03 bits per heavy atom. The van der Waals surface area contributed by atoms with E-state index in [0.29, 0.717) is 23.3 Å². The van der Waals surface area contributed by atoms with Crippen molar-refractivity contribution in [1.29, 1.82) is 0 Å². The lowest BCUT2D eigenvalue weighted by Gasteiger charge is -2.16. The summed E-state index contributed by atoms with van der Waals surface area (Å²) in [6.07, 6.45) is 10.3. The highest BCUT2D eigenvalue weighted by Gasteiger charge is 2.29. The second-order valence-corrected chi connectivity index (χ2v) is 8.81. The van der Waals surface area contributed by atoms with E-state index in [0.717, 1.165) is 40.9 Å². The smallest absolute Gasteiger partial charge is 0.256 e. The van der Waals surface area contributed by atoms with E-state index in [1.165, 1.54) is 19.3 Å². The first-order valence-electron chi connectivity index (χ1n) is 10.9. The molecule has 4 aromatic rings. The molecule has 2 aliphatic rings. The quantitative estimate of drug-likeness (QED) is 0.552. The number of imidazole rings is 1. The van der Waals surface area contributed by atoms with Crippen molar-refractivity contribution in [3.8, 4) is 0 Å². The van der Waals surface area contributed by atoms with E-state index in [1.54, 1.807) is 6.20 Å². The minimum atomic E-state index is -0.182. The summed E-state index contributed by atoms with van der Waals surface area (Å²) in [5.74, 6) is 0.896. The van der Waals surface area contributed by atoms with Crippen LogP contribution in [-0.2, 0) is 7.05 Å². The van der Waals surface area contributed by atoms with Crippen LogP contribution < -0.4 is 5.32 Å². The van der Waals surface area contributed by atoms with Crippen molar-refractivity contribution in [2.45, 2.75) is 37.6 Å². The molecule has 3 aromatic heterocycles. The van der Waals surface area contributed by atoms with Gasteiger partial charge in [-0.25, -0.2) is 9.97 Å². The second-order valence-electron chi connectivity index (χ2n) is 8.81. The maximum absolute atomic E-state index is 12.9. The average molecular weight is 416 g/mol. The van der Waals surface area contributed by atoms with Crippen LogP contribution in [0.15, 0.2) is 36.8 Å². The fourth-order valence-electron chi connectivity index (χ4n) is 4.70. The van der Waals surface area contributed by atoms with Crippen LogP contribution in [0.1, 0.15) is 59.4 Å². The summed E-state index contributed by atoms with van der Waals surface area (Å²) < 4.78 is 3.81. The molecule has 1 N–H and O–H groups in total. The Balaban J connectivity index is 1.26. The molecule has 0 radical (unpaired) electrons. The third-order valence-corrected chi connectivity index (χ3v) is 6.57. The third-order valence-electron chi connectivity index (χ3n) is 6.57. The molecule has 1 aliphatic carbocycles. The van der Waals surface area contributed by atoms with Gasteiger partial charge in [0, 0.05) is 30.1 Å². The zero-order chi connectivity index (χ0) is 21.1. The van der Waals surface area contributed by atoms with Crippen molar-refractivity contribution in [3.05, 3.63) is 53.7 Å². The Kier molecular flexibility index (Phi) is 4.11. The molecule has 2 fully saturated rings. The number of amides is 1. The SMILES string of the molecule is CN1CCC[C@@H]1c1cn2cc(NC(=O)c3ccc4c(C5CC5)nn(C)c4c3)ncc2n1. The molecule has 0 unspecified atom stereocenters. The van der Waals surface area contributed by atoms with E-state index in [-0.39, 0.29) is 5.91 Å². The maximum Gasteiger partial charge on any atom is 0.256 e. The summed E-state index contributed by atoms with van der Waals surface area (Å²) in [6.45, 7) is 1.10. The molecule has 1 saturated heterocycles. The normalized spacial score (nSPS) is 19.5. The minimum absolute atomic E-state index is 0.182. The van der Waals surface area contributed by atoms with Gasteiger partial charge in [0.15, 0.2) is 5.65 Å². The van der Waals surface area contributed by atoms with Gasteiger partial charge in [-0.2, -0.15) is 5.10 Å². The first-order chi connectivity index (χ1) is 15.1. The number of rotatable bonds is 4. The van der Waals surface area contributed by atoms with E-state index in [1.807, 2.05) is 46.7 Å². The monoisotopic (exact) mass is 415 g/mol. The molecular weight excluding hydrogens is 390 g/mol. The van der Waals surface area contributed by atoms with Gasteiger partial charge in [0.25, 0.3) is 5.91 Å². The van der Waals surface area contributed by atoms with E-state index < -0.39 is 0 Å². The first kappa shape index (κ1) is 18.5. The van der Waals surface area contributed by atoms with E-state index in [4.69, 9.17) is 4.98 Å². The van der Waals surface area contributed by atoms with Gasteiger partial charge in [0.1, 0.15) is 5.82 Å². The van der Waals surface area contributed by atoms with Crippen molar-refractivity contribution in [1.82, 2.24) is 29.0 Å². The number of anilines is 1. The molecule has 1 amide bonds. The van der Waals surface area contributed by atoms with Gasteiger partial charge in [-0.05, 0) is 51.4 Å². The van der Waals surface area contributed by atoms with Gasteiger partial charge < -0.3 is 9.72 Å². The fourth-order valence-corrected chi connectivity index (χ4v) is 4.70. The van der Waals surface area contributed by atoms with Crippen molar-refractivity contribution in [2.24, 2.45) is 7.05 Å². The van der Waals surface area contributed by atoms with Crippen LogP contribution in [0, 0.1) is 0 Å².